The molecule has 2 aliphatic rings. The highest BCUT2D eigenvalue weighted by molar-refractivity contribution is 6.44. The van der Waals surface area contributed by atoms with E-state index in [1.54, 1.807) is 0 Å². The van der Waals surface area contributed by atoms with Gasteiger partial charge in [-0.3, -0.25) is 4.98 Å². The number of nitrogens with one attached hydrogen (secondary N) is 1. The highest BCUT2D eigenvalue weighted by atomic mass is 19.1. The fraction of sp³-hybridized carbons (Fsp3) is 0.357. The minimum atomic E-state index is -0.479. The van der Waals surface area contributed by atoms with Crippen molar-refractivity contribution in [2.24, 2.45) is 15.4 Å². The quantitative estimate of drug-likeness (QED) is 0.856. The third-order valence-corrected chi connectivity index (χ3v) is 3.22. The lowest BCUT2D eigenvalue weighted by Gasteiger charge is -2.22. The topological polar surface area (TPSA) is 91.5 Å². The summed E-state index contributed by atoms with van der Waals surface area (Å²) >= 11 is 0. The van der Waals surface area contributed by atoms with E-state index >= 15 is 0 Å². The van der Waals surface area contributed by atoms with Gasteiger partial charge in [-0.2, -0.15) is 10.2 Å². The van der Waals surface area contributed by atoms with E-state index < -0.39 is 11.8 Å². The van der Waals surface area contributed by atoms with Crippen molar-refractivity contribution in [3.8, 4) is 0 Å². The molecule has 0 fully saturated rings. The summed E-state index contributed by atoms with van der Waals surface area (Å²) in [7, 11) is 0. The van der Waals surface area contributed by atoms with E-state index in [9.17, 15) is 9.18 Å². The molecule has 0 saturated heterocycles. The Kier molecular flexibility index (Phi) is 3.77. The molecule has 23 heavy (non-hydrogen) atoms. The van der Waals surface area contributed by atoms with Crippen LogP contribution in [0.25, 0.3) is 0 Å². The van der Waals surface area contributed by atoms with Gasteiger partial charge in [0.25, 0.3) is 0 Å². The number of halogens is 1. The normalized spacial score (nSPS) is 20.1. The fourth-order valence-electron chi connectivity index (χ4n) is 2.11. The van der Waals surface area contributed by atoms with Crippen molar-refractivity contribution in [3.05, 3.63) is 29.8 Å². The molecule has 0 radical (unpaired) electrons. The molecule has 8 nitrogen and oxygen atoms in total. The zero-order valence-electron chi connectivity index (χ0n) is 12.7. The van der Waals surface area contributed by atoms with Gasteiger partial charge < -0.3 is 4.84 Å². The van der Waals surface area contributed by atoms with Crippen LogP contribution in [0.4, 0.5) is 9.18 Å². The highest BCUT2D eigenvalue weighted by Crippen LogP contribution is 2.23. The molecule has 0 unspecified atom stereocenters. The molecule has 120 valence electrons. The van der Waals surface area contributed by atoms with Gasteiger partial charge in [-0.1, -0.05) is 5.16 Å². The highest BCUT2D eigenvalue weighted by Gasteiger charge is 2.34. The maximum absolute atomic E-state index is 13.1. The van der Waals surface area contributed by atoms with Crippen LogP contribution in [-0.4, -0.2) is 45.8 Å². The first kappa shape index (κ1) is 15.1. The zero-order chi connectivity index (χ0) is 16.4. The Hall–Kier alpha value is -2.84. The molecular weight excluding hydrogens is 303 g/mol. The first-order valence-corrected chi connectivity index (χ1v) is 6.97. The van der Waals surface area contributed by atoms with Crippen molar-refractivity contribution in [2.45, 2.75) is 25.9 Å². The average Bonchev–Trinajstić information content (AvgIpc) is 2.87. The van der Waals surface area contributed by atoms with Gasteiger partial charge in [0.15, 0.2) is 0 Å². The molecule has 3 rings (SSSR count). The average molecular weight is 318 g/mol. The van der Waals surface area contributed by atoms with Crippen LogP contribution in [0.2, 0.25) is 0 Å². The summed E-state index contributed by atoms with van der Waals surface area (Å²) in [5.74, 6) is -0.473. The lowest BCUT2D eigenvalue weighted by Crippen LogP contribution is -2.45. The van der Waals surface area contributed by atoms with Crippen LogP contribution in [0.1, 0.15) is 25.8 Å². The number of carbonyl (C=O) groups excluding carboxylic acids is 1. The van der Waals surface area contributed by atoms with Crippen molar-refractivity contribution in [1.82, 2.24) is 15.4 Å². The standard InChI is InChI=1S/C14H15FN6O2/c1-14(2)4-11(20-23-14)12-8-21(13(22)19-18-12)17-6-9-3-10(15)7-16-5-9/h3,5-7H,4,8H2,1-2H3,(H,19,22)/b17-6-. The molecule has 1 aromatic heterocycles. The molecule has 1 N–H and O–H groups in total. The molecule has 1 aromatic rings. The lowest BCUT2D eigenvalue weighted by molar-refractivity contribution is 0.0123. The third-order valence-electron chi connectivity index (χ3n) is 3.22. The van der Waals surface area contributed by atoms with E-state index in [0.29, 0.717) is 23.4 Å². The molecule has 0 spiro atoms. The van der Waals surface area contributed by atoms with Crippen LogP contribution < -0.4 is 5.43 Å². The van der Waals surface area contributed by atoms with Crippen LogP contribution in [-0.2, 0) is 4.84 Å². The van der Waals surface area contributed by atoms with Gasteiger partial charge in [-0.05, 0) is 19.9 Å². The number of rotatable bonds is 3. The molecule has 0 aliphatic carbocycles. The number of hydrogen-bond donors (Lipinski definition) is 1. The summed E-state index contributed by atoms with van der Waals surface area (Å²) in [6, 6.07) is 0.790. The Balaban J connectivity index is 1.72. The van der Waals surface area contributed by atoms with E-state index in [2.05, 4.69) is 25.8 Å². The van der Waals surface area contributed by atoms with Crippen LogP contribution in [0.5, 0.6) is 0 Å². The number of nitrogens with zero attached hydrogens (tertiary/aromatic N) is 5. The first-order chi connectivity index (χ1) is 10.9. The minimum absolute atomic E-state index is 0.156. The van der Waals surface area contributed by atoms with E-state index in [1.807, 2.05) is 13.8 Å². The van der Waals surface area contributed by atoms with Crippen molar-refractivity contribution in [1.29, 1.82) is 0 Å². The molecule has 0 bridgehead atoms. The fourth-order valence-corrected chi connectivity index (χ4v) is 2.11. The second kappa shape index (κ2) is 5.75. The predicted octanol–water partition coefficient (Wildman–Crippen LogP) is 1.49. The molecule has 0 saturated carbocycles. The van der Waals surface area contributed by atoms with Gasteiger partial charge in [0.2, 0.25) is 0 Å². The van der Waals surface area contributed by atoms with Crippen LogP contribution in [0, 0.1) is 5.82 Å². The van der Waals surface area contributed by atoms with Crippen LogP contribution in [0.15, 0.2) is 33.8 Å². The number of carbonyl (C=O) groups is 1. The molecule has 2 amide bonds. The SMILES string of the molecule is CC1(C)CC(C2=NNC(=O)N(/N=C\c3cncc(F)c3)C2)=NO1. The smallest absolute Gasteiger partial charge is 0.358 e. The summed E-state index contributed by atoms with van der Waals surface area (Å²) in [6.45, 7) is 3.99. The van der Waals surface area contributed by atoms with Gasteiger partial charge in [-0.25, -0.2) is 19.6 Å². The Morgan fingerprint density at radius 3 is 2.96 bits per heavy atom. The van der Waals surface area contributed by atoms with Crippen molar-refractivity contribution in [3.63, 3.8) is 0 Å². The van der Waals surface area contributed by atoms with Gasteiger partial charge in [-0.15, -0.1) is 0 Å². The molecule has 0 aromatic carbocycles. The summed E-state index contributed by atoms with van der Waals surface area (Å²) in [6.07, 6.45) is 4.49. The third kappa shape index (κ3) is 3.50. The van der Waals surface area contributed by atoms with Crippen molar-refractivity contribution >= 4 is 23.7 Å². The number of oxime groups is 1. The van der Waals surface area contributed by atoms with E-state index in [4.69, 9.17) is 4.84 Å². The largest absolute Gasteiger partial charge is 0.389 e. The number of amides is 2. The molecule has 2 aliphatic heterocycles. The minimum Gasteiger partial charge on any atom is -0.389 e. The second-order valence-electron chi connectivity index (χ2n) is 5.78. The Bertz CT molecular complexity index is 728. The molecule has 0 atom stereocenters. The summed E-state index contributed by atoms with van der Waals surface area (Å²) in [4.78, 5) is 20.8. The second-order valence-corrected chi connectivity index (χ2v) is 5.78. The number of aromatic nitrogens is 1. The summed E-state index contributed by atoms with van der Waals surface area (Å²) in [5.41, 5.74) is 3.67. The number of pyridine rings is 1. The first-order valence-electron chi connectivity index (χ1n) is 6.97. The van der Waals surface area contributed by atoms with Crippen LogP contribution in [0.3, 0.4) is 0 Å². The van der Waals surface area contributed by atoms with Gasteiger partial charge in [0.1, 0.15) is 22.8 Å². The number of hydrazone groups is 2. The van der Waals surface area contributed by atoms with E-state index in [0.717, 1.165) is 6.20 Å². The summed E-state index contributed by atoms with van der Waals surface area (Å²) < 4.78 is 13.1. The van der Waals surface area contributed by atoms with Crippen molar-refractivity contribution < 1.29 is 14.0 Å². The van der Waals surface area contributed by atoms with Gasteiger partial charge in [0.05, 0.1) is 19.0 Å². The Morgan fingerprint density at radius 1 is 1.43 bits per heavy atom. The van der Waals surface area contributed by atoms with Crippen LogP contribution >= 0.6 is 0 Å². The molecular formula is C14H15FN6O2. The predicted molar refractivity (Wildman–Crippen MR) is 81.7 cm³/mol. The maximum Gasteiger partial charge on any atom is 0.358 e. The summed E-state index contributed by atoms with van der Waals surface area (Å²) in [5, 5.41) is 13.2. The molecule has 9 heteroatoms. The van der Waals surface area contributed by atoms with Gasteiger partial charge >= 0.3 is 6.03 Å². The van der Waals surface area contributed by atoms with Crippen molar-refractivity contribution in [2.75, 3.05) is 6.54 Å². The van der Waals surface area contributed by atoms with E-state index in [1.165, 1.54) is 23.5 Å². The monoisotopic (exact) mass is 318 g/mol. The zero-order valence-corrected chi connectivity index (χ0v) is 12.7. The van der Waals surface area contributed by atoms with Gasteiger partial charge in [0, 0.05) is 18.2 Å². The van der Waals surface area contributed by atoms with E-state index in [-0.39, 0.29) is 12.1 Å². The Labute approximate surface area is 131 Å². The Morgan fingerprint density at radius 2 is 2.26 bits per heavy atom. The number of urea groups is 1. The molecule has 3 heterocycles. The number of hydrogen-bond acceptors (Lipinski definition) is 6. The maximum atomic E-state index is 13.1. The lowest BCUT2D eigenvalue weighted by atomic mass is 10.00.